The van der Waals surface area contributed by atoms with Crippen molar-refractivity contribution in [2.45, 2.75) is 62.9 Å². The lowest BCUT2D eigenvalue weighted by Crippen LogP contribution is -2.50. The summed E-state index contributed by atoms with van der Waals surface area (Å²) in [6.07, 6.45) is 3.65. The van der Waals surface area contributed by atoms with Gasteiger partial charge in [0, 0.05) is 5.54 Å². The van der Waals surface area contributed by atoms with Crippen LogP contribution in [0.2, 0.25) is 0 Å². The SMILES string of the molecule is CCCC[C@@]1(CC)CS(=O)(=O)c2cc(OCC)ccc2[C@H](c2ccccc2)N1. The monoisotopic (exact) mass is 401 g/mol. The van der Waals surface area contributed by atoms with Crippen molar-refractivity contribution in [2.75, 3.05) is 12.4 Å². The Labute approximate surface area is 169 Å². The molecule has 2 aromatic carbocycles. The number of hydrogen-bond donors (Lipinski definition) is 1. The highest BCUT2D eigenvalue weighted by atomic mass is 32.2. The van der Waals surface area contributed by atoms with Gasteiger partial charge >= 0.3 is 0 Å². The van der Waals surface area contributed by atoms with Crippen molar-refractivity contribution in [2.24, 2.45) is 0 Å². The van der Waals surface area contributed by atoms with Gasteiger partial charge in [-0.15, -0.1) is 0 Å². The number of rotatable bonds is 7. The Kier molecular flexibility index (Phi) is 6.46. The summed E-state index contributed by atoms with van der Waals surface area (Å²) >= 11 is 0. The summed E-state index contributed by atoms with van der Waals surface area (Å²) in [4.78, 5) is 0.395. The summed E-state index contributed by atoms with van der Waals surface area (Å²) < 4.78 is 32.5. The highest BCUT2D eigenvalue weighted by molar-refractivity contribution is 7.91. The standard InChI is InChI=1S/C23H31NO3S/c1-4-7-15-23(5-2)17-28(25,26)21-16-19(27-6-3)13-14-20(21)22(24-23)18-11-9-8-10-12-18/h8-14,16,22,24H,4-7,15,17H2,1-3H3/t22-,23-/m0/s1. The lowest BCUT2D eigenvalue weighted by atomic mass is 9.88. The first-order chi connectivity index (χ1) is 13.4. The quantitative estimate of drug-likeness (QED) is 0.718. The summed E-state index contributed by atoms with van der Waals surface area (Å²) in [6, 6.07) is 15.5. The normalized spacial score (nSPS) is 23.6. The summed E-state index contributed by atoms with van der Waals surface area (Å²) in [5.41, 5.74) is 1.45. The van der Waals surface area contributed by atoms with Crippen LogP contribution >= 0.6 is 0 Å². The molecule has 3 rings (SSSR count). The van der Waals surface area contributed by atoms with Crippen molar-refractivity contribution in [3.8, 4) is 5.75 Å². The third-order valence-corrected chi connectivity index (χ3v) is 7.63. The molecule has 5 heteroatoms. The van der Waals surface area contributed by atoms with Crippen LogP contribution in [0, 0.1) is 0 Å². The van der Waals surface area contributed by atoms with Gasteiger partial charge in [-0.1, -0.05) is 63.1 Å². The average Bonchev–Trinajstić information content (AvgIpc) is 2.80. The molecule has 28 heavy (non-hydrogen) atoms. The largest absolute Gasteiger partial charge is 0.494 e. The van der Waals surface area contributed by atoms with E-state index in [2.05, 4.69) is 31.3 Å². The topological polar surface area (TPSA) is 55.4 Å². The van der Waals surface area contributed by atoms with Crippen molar-refractivity contribution < 1.29 is 13.2 Å². The Morgan fingerprint density at radius 3 is 2.50 bits per heavy atom. The van der Waals surface area contributed by atoms with Gasteiger partial charge in [-0.3, -0.25) is 5.32 Å². The fourth-order valence-corrected chi connectivity index (χ4v) is 6.25. The molecule has 0 bridgehead atoms. The second-order valence-corrected chi connectivity index (χ2v) is 9.58. The molecular formula is C23H31NO3S. The van der Waals surface area contributed by atoms with Crippen molar-refractivity contribution >= 4 is 9.84 Å². The Bertz CT molecular complexity index is 895. The molecule has 0 spiro atoms. The molecule has 1 N–H and O–H groups in total. The van der Waals surface area contributed by atoms with Crippen LogP contribution in [0.1, 0.15) is 63.6 Å². The lowest BCUT2D eigenvalue weighted by Gasteiger charge is -2.35. The molecule has 1 heterocycles. The molecule has 0 amide bonds. The van der Waals surface area contributed by atoms with E-state index in [0.717, 1.165) is 36.8 Å². The summed E-state index contributed by atoms with van der Waals surface area (Å²) in [7, 11) is -3.45. The maximum Gasteiger partial charge on any atom is 0.180 e. The zero-order valence-electron chi connectivity index (χ0n) is 17.1. The number of ether oxygens (including phenoxy) is 1. The van der Waals surface area contributed by atoms with Crippen LogP contribution in [0.15, 0.2) is 53.4 Å². The second kappa shape index (κ2) is 8.66. The molecule has 0 unspecified atom stereocenters. The molecule has 0 aliphatic carbocycles. The minimum atomic E-state index is -3.45. The van der Waals surface area contributed by atoms with Crippen molar-refractivity contribution in [3.05, 3.63) is 59.7 Å². The van der Waals surface area contributed by atoms with Crippen molar-refractivity contribution in [1.29, 1.82) is 0 Å². The molecule has 0 radical (unpaired) electrons. The highest BCUT2D eigenvalue weighted by Gasteiger charge is 2.41. The lowest BCUT2D eigenvalue weighted by molar-refractivity contribution is 0.294. The summed E-state index contributed by atoms with van der Waals surface area (Å²) in [5.74, 6) is 0.719. The Morgan fingerprint density at radius 1 is 1.11 bits per heavy atom. The van der Waals surface area contributed by atoms with Gasteiger partial charge in [-0.25, -0.2) is 8.42 Å². The molecule has 4 nitrogen and oxygen atoms in total. The molecule has 0 saturated carbocycles. The van der Waals surface area contributed by atoms with Gasteiger partial charge < -0.3 is 4.74 Å². The average molecular weight is 402 g/mol. The van der Waals surface area contributed by atoms with Crippen LogP contribution in [0.4, 0.5) is 0 Å². The molecule has 1 aliphatic heterocycles. The van der Waals surface area contributed by atoms with Crippen LogP contribution in [0.3, 0.4) is 0 Å². The van der Waals surface area contributed by atoms with E-state index in [-0.39, 0.29) is 11.8 Å². The van der Waals surface area contributed by atoms with Crippen LogP contribution in [-0.4, -0.2) is 26.3 Å². The first-order valence-corrected chi connectivity index (χ1v) is 11.9. The van der Waals surface area contributed by atoms with Gasteiger partial charge in [0.05, 0.1) is 23.3 Å². The number of benzene rings is 2. The number of sulfone groups is 1. The van der Waals surface area contributed by atoms with E-state index in [9.17, 15) is 8.42 Å². The first-order valence-electron chi connectivity index (χ1n) is 10.3. The fraction of sp³-hybridized carbons (Fsp3) is 0.478. The summed E-state index contributed by atoms with van der Waals surface area (Å²) in [6.45, 7) is 6.64. The number of hydrogen-bond acceptors (Lipinski definition) is 4. The van der Waals surface area contributed by atoms with E-state index in [0.29, 0.717) is 17.3 Å². The van der Waals surface area contributed by atoms with E-state index in [1.165, 1.54) is 0 Å². The van der Waals surface area contributed by atoms with E-state index < -0.39 is 15.4 Å². The van der Waals surface area contributed by atoms with Crippen LogP contribution in [-0.2, 0) is 9.84 Å². The first kappa shape index (κ1) is 20.9. The van der Waals surface area contributed by atoms with E-state index in [1.54, 1.807) is 6.07 Å². The molecule has 152 valence electrons. The zero-order chi connectivity index (χ0) is 20.2. The van der Waals surface area contributed by atoms with Gasteiger partial charge in [0.15, 0.2) is 9.84 Å². The van der Waals surface area contributed by atoms with Gasteiger partial charge in [0.25, 0.3) is 0 Å². The fourth-order valence-electron chi connectivity index (χ4n) is 4.09. The molecular weight excluding hydrogens is 370 g/mol. The number of unbranched alkanes of at least 4 members (excludes halogenated alkanes) is 1. The van der Waals surface area contributed by atoms with Crippen molar-refractivity contribution in [1.82, 2.24) is 5.32 Å². The predicted octanol–water partition coefficient (Wildman–Crippen LogP) is 4.89. The Balaban J connectivity index is 2.19. The maximum atomic E-state index is 13.5. The maximum absolute atomic E-state index is 13.5. The molecule has 2 atom stereocenters. The molecule has 0 saturated heterocycles. The van der Waals surface area contributed by atoms with Crippen LogP contribution < -0.4 is 10.1 Å². The molecule has 0 fully saturated rings. The molecule has 0 aromatic heterocycles. The van der Waals surface area contributed by atoms with E-state index in [4.69, 9.17) is 4.74 Å². The zero-order valence-corrected chi connectivity index (χ0v) is 17.9. The Hall–Kier alpha value is -1.85. The van der Waals surface area contributed by atoms with E-state index in [1.807, 2.05) is 37.3 Å². The number of fused-ring (bicyclic) bond motifs is 1. The van der Waals surface area contributed by atoms with Crippen LogP contribution in [0.25, 0.3) is 0 Å². The third-order valence-electron chi connectivity index (χ3n) is 5.68. The van der Waals surface area contributed by atoms with Crippen LogP contribution in [0.5, 0.6) is 5.75 Å². The minimum Gasteiger partial charge on any atom is -0.494 e. The predicted molar refractivity (Wildman–Crippen MR) is 114 cm³/mol. The smallest absolute Gasteiger partial charge is 0.180 e. The van der Waals surface area contributed by atoms with Gasteiger partial charge in [-0.05, 0) is 43.0 Å². The van der Waals surface area contributed by atoms with E-state index >= 15 is 0 Å². The molecule has 2 aromatic rings. The Morgan fingerprint density at radius 2 is 1.86 bits per heavy atom. The minimum absolute atomic E-state index is 0.114. The highest BCUT2D eigenvalue weighted by Crippen LogP contribution is 2.39. The van der Waals surface area contributed by atoms with Gasteiger partial charge in [-0.2, -0.15) is 0 Å². The summed E-state index contributed by atoms with van der Waals surface area (Å²) in [5, 5.41) is 3.77. The third kappa shape index (κ3) is 4.26. The number of nitrogens with one attached hydrogen (secondary N) is 1. The van der Waals surface area contributed by atoms with Gasteiger partial charge in [0.1, 0.15) is 5.75 Å². The molecule has 1 aliphatic rings. The van der Waals surface area contributed by atoms with Gasteiger partial charge in [0.2, 0.25) is 0 Å². The van der Waals surface area contributed by atoms with Crippen molar-refractivity contribution in [3.63, 3.8) is 0 Å². The second-order valence-electron chi connectivity index (χ2n) is 7.62.